The van der Waals surface area contributed by atoms with E-state index in [2.05, 4.69) is 6.58 Å². The topological polar surface area (TPSA) is 20.2 Å². The lowest BCUT2D eigenvalue weighted by molar-refractivity contribution is 0.424. The molecular weight excluding hydrogens is 100 g/mol. The number of rotatable bonds is 1. The third-order valence-electron chi connectivity index (χ3n) is 1.14. The summed E-state index contributed by atoms with van der Waals surface area (Å²) in [6.07, 6.45) is 6.59. The zero-order chi connectivity index (χ0) is 5.98. The quantitative estimate of drug-likeness (QED) is 0.509. The second-order valence-electron chi connectivity index (χ2n) is 1.77. The normalized spacial score (nSPS) is 16.2. The standard InChI is InChI=1S/C7H8O/c1-6(8)7-4-2-3-5-7/h2-4,8H,1,5H2. The first-order chi connectivity index (χ1) is 3.80. The van der Waals surface area contributed by atoms with Crippen LogP contribution in [0.2, 0.25) is 0 Å². The van der Waals surface area contributed by atoms with Crippen LogP contribution in [0.3, 0.4) is 0 Å². The van der Waals surface area contributed by atoms with Crippen molar-refractivity contribution in [2.75, 3.05) is 0 Å². The number of aliphatic hydroxyl groups is 1. The monoisotopic (exact) mass is 108 g/mol. The highest BCUT2D eigenvalue weighted by molar-refractivity contribution is 5.33. The molecule has 0 spiro atoms. The lowest BCUT2D eigenvalue weighted by Crippen LogP contribution is -1.79. The van der Waals surface area contributed by atoms with Crippen LogP contribution in [0.1, 0.15) is 6.42 Å². The zero-order valence-corrected chi connectivity index (χ0v) is 4.59. The van der Waals surface area contributed by atoms with Gasteiger partial charge in [0.1, 0.15) is 5.76 Å². The van der Waals surface area contributed by atoms with Crippen LogP contribution in [0.4, 0.5) is 0 Å². The molecule has 0 unspecified atom stereocenters. The van der Waals surface area contributed by atoms with E-state index in [0.717, 1.165) is 12.0 Å². The van der Waals surface area contributed by atoms with Crippen molar-refractivity contribution >= 4 is 0 Å². The minimum Gasteiger partial charge on any atom is -0.508 e. The van der Waals surface area contributed by atoms with E-state index < -0.39 is 0 Å². The Morgan fingerprint density at radius 2 is 2.50 bits per heavy atom. The minimum absolute atomic E-state index is 0.190. The molecule has 1 heteroatoms. The van der Waals surface area contributed by atoms with E-state index in [1.807, 2.05) is 18.2 Å². The first-order valence-corrected chi connectivity index (χ1v) is 2.54. The maximum absolute atomic E-state index is 8.75. The summed E-state index contributed by atoms with van der Waals surface area (Å²) in [7, 11) is 0. The van der Waals surface area contributed by atoms with E-state index in [4.69, 9.17) is 5.11 Å². The molecule has 42 valence electrons. The fourth-order valence-electron chi connectivity index (χ4n) is 0.661. The van der Waals surface area contributed by atoms with Gasteiger partial charge in [-0.15, -0.1) is 0 Å². The Bertz CT molecular complexity index is 163. The summed E-state index contributed by atoms with van der Waals surface area (Å²) in [4.78, 5) is 0. The number of allylic oxidation sites excluding steroid dienone is 4. The van der Waals surface area contributed by atoms with Crippen LogP contribution in [0.5, 0.6) is 0 Å². The first kappa shape index (κ1) is 5.16. The van der Waals surface area contributed by atoms with E-state index in [-0.39, 0.29) is 5.76 Å². The van der Waals surface area contributed by atoms with Crippen molar-refractivity contribution in [3.05, 3.63) is 36.1 Å². The fourth-order valence-corrected chi connectivity index (χ4v) is 0.661. The van der Waals surface area contributed by atoms with Gasteiger partial charge in [0.2, 0.25) is 0 Å². The third-order valence-corrected chi connectivity index (χ3v) is 1.14. The van der Waals surface area contributed by atoms with Crippen LogP contribution >= 0.6 is 0 Å². The van der Waals surface area contributed by atoms with Gasteiger partial charge in [-0.2, -0.15) is 0 Å². The molecule has 1 aliphatic rings. The highest BCUT2D eigenvalue weighted by Gasteiger charge is 1.99. The molecule has 8 heavy (non-hydrogen) atoms. The summed E-state index contributed by atoms with van der Waals surface area (Å²) in [5, 5.41) is 8.75. The van der Waals surface area contributed by atoms with Crippen molar-refractivity contribution in [2.45, 2.75) is 6.42 Å². The largest absolute Gasteiger partial charge is 0.508 e. The summed E-state index contributed by atoms with van der Waals surface area (Å²) in [6, 6.07) is 0. The molecule has 0 bridgehead atoms. The zero-order valence-electron chi connectivity index (χ0n) is 4.59. The molecular formula is C7H8O. The van der Waals surface area contributed by atoms with Gasteiger partial charge in [-0.3, -0.25) is 0 Å². The van der Waals surface area contributed by atoms with Crippen LogP contribution in [-0.4, -0.2) is 5.11 Å². The van der Waals surface area contributed by atoms with E-state index >= 15 is 0 Å². The summed E-state index contributed by atoms with van der Waals surface area (Å²) in [6.45, 7) is 3.38. The SMILES string of the molecule is C=C(O)C1=CC=CC1. The highest BCUT2D eigenvalue weighted by Crippen LogP contribution is 2.14. The summed E-state index contributed by atoms with van der Waals surface area (Å²) < 4.78 is 0. The van der Waals surface area contributed by atoms with Crippen LogP contribution < -0.4 is 0 Å². The lowest BCUT2D eigenvalue weighted by atomic mass is 10.2. The highest BCUT2D eigenvalue weighted by atomic mass is 16.3. The Balaban J connectivity index is 2.64. The number of hydrogen-bond acceptors (Lipinski definition) is 1. The third kappa shape index (κ3) is 0.808. The van der Waals surface area contributed by atoms with E-state index in [1.165, 1.54) is 0 Å². The molecule has 0 aromatic carbocycles. The average Bonchev–Trinajstić information content (AvgIpc) is 2.12. The van der Waals surface area contributed by atoms with Gasteiger partial charge in [0, 0.05) is 0 Å². The molecule has 0 fully saturated rings. The first-order valence-electron chi connectivity index (χ1n) is 2.54. The van der Waals surface area contributed by atoms with Gasteiger partial charge in [0.05, 0.1) is 0 Å². The molecule has 0 heterocycles. The second-order valence-corrected chi connectivity index (χ2v) is 1.77. The predicted octanol–water partition coefficient (Wildman–Crippen LogP) is 1.94. The number of aliphatic hydroxyl groups excluding tert-OH is 1. The van der Waals surface area contributed by atoms with Crippen molar-refractivity contribution in [1.82, 2.24) is 0 Å². The predicted molar refractivity (Wildman–Crippen MR) is 33.6 cm³/mol. The van der Waals surface area contributed by atoms with Crippen molar-refractivity contribution in [3.8, 4) is 0 Å². The number of hydrogen-bond donors (Lipinski definition) is 1. The van der Waals surface area contributed by atoms with Crippen molar-refractivity contribution in [2.24, 2.45) is 0 Å². The molecule has 1 aliphatic carbocycles. The minimum atomic E-state index is 0.190. The van der Waals surface area contributed by atoms with Gasteiger partial charge in [-0.05, 0) is 12.0 Å². The van der Waals surface area contributed by atoms with Crippen LogP contribution in [0, 0.1) is 0 Å². The second kappa shape index (κ2) is 1.86. The van der Waals surface area contributed by atoms with E-state index in [9.17, 15) is 0 Å². The maximum atomic E-state index is 8.75. The van der Waals surface area contributed by atoms with E-state index in [0.29, 0.717) is 0 Å². The molecule has 0 aromatic rings. The Hall–Kier alpha value is -0.980. The molecule has 0 saturated carbocycles. The van der Waals surface area contributed by atoms with Crippen molar-refractivity contribution in [1.29, 1.82) is 0 Å². The summed E-state index contributed by atoms with van der Waals surface area (Å²) in [5.41, 5.74) is 0.921. The molecule has 0 atom stereocenters. The molecule has 0 aromatic heterocycles. The van der Waals surface area contributed by atoms with Crippen LogP contribution in [0.25, 0.3) is 0 Å². The van der Waals surface area contributed by atoms with Gasteiger partial charge in [-0.25, -0.2) is 0 Å². The molecule has 0 amide bonds. The molecule has 0 saturated heterocycles. The van der Waals surface area contributed by atoms with Gasteiger partial charge < -0.3 is 5.11 Å². The Kier molecular flexibility index (Phi) is 1.20. The molecule has 1 rings (SSSR count). The summed E-state index contributed by atoms with van der Waals surface area (Å²) >= 11 is 0. The Morgan fingerprint density at radius 3 is 2.75 bits per heavy atom. The Labute approximate surface area is 48.6 Å². The van der Waals surface area contributed by atoms with Crippen molar-refractivity contribution < 1.29 is 5.11 Å². The summed E-state index contributed by atoms with van der Waals surface area (Å²) in [5.74, 6) is 0.190. The van der Waals surface area contributed by atoms with Gasteiger partial charge in [0.25, 0.3) is 0 Å². The molecule has 0 aliphatic heterocycles. The van der Waals surface area contributed by atoms with Gasteiger partial charge in [-0.1, -0.05) is 24.8 Å². The maximum Gasteiger partial charge on any atom is 0.111 e. The van der Waals surface area contributed by atoms with Crippen LogP contribution in [0.15, 0.2) is 36.1 Å². The lowest BCUT2D eigenvalue weighted by Gasteiger charge is -1.93. The molecule has 1 nitrogen and oxygen atoms in total. The fraction of sp³-hybridized carbons (Fsp3) is 0.143. The van der Waals surface area contributed by atoms with Crippen molar-refractivity contribution in [3.63, 3.8) is 0 Å². The van der Waals surface area contributed by atoms with E-state index in [1.54, 1.807) is 0 Å². The average molecular weight is 108 g/mol. The van der Waals surface area contributed by atoms with Crippen LogP contribution in [-0.2, 0) is 0 Å². The van der Waals surface area contributed by atoms with Gasteiger partial charge in [0.15, 0.2) is 0 Å². The van der Waals surface area contributed by atoms with Gasteiger partial charge >= 0.3 is 0 Å². The smallest absolute Gasteiger partial charge is 0.111 e. The molecule has 0 radical (unpaired) electrons. The Morgan fingerprint density at radius 1 is 1.75 bits per heavy atom. The molecule has 1 N–H and O–H groups in total.